The number of fused-ring (bicyclic) bond motifs is 2. The first kappa shape index (κ1) is 59.3. The van der Waals surface area contributed by atoms with Gasteiger partial charge in [-0.05, 0) is 117 Å². The third-order valence-corrected chi connectivity index (χ3v) is 15.5. The van der Waals surface area contributed by atoms with Crippen molar-refractivity contribution in [2.75, 3.05) is 31.0 Å². The summed E-state index contributed by atoms with van der Waals surface area (Å²) < 4.78 is 46.4. The Kier molecular flexibility index (Phi) is 19.2. The maximum atomic E-state index is 13.5. The Hall–Kier alpha value is -9.29. The Morgan fingerprint density at radius 3 is 1.38 bits per heavy atom. The highest BCUT2D eigenvalue weighted by Crippen LogP contribution is 2.40. The molecule has 0 spiro atoms. The molecule has 3 N–H and O–H groups in total. The second-order valence-corrected chi connectivity index (χ2v) is 21.5. The number of carbonyl (C=O) groups excluding carboxylic acids is 1. The highest BCUT2D eigenvalue weighted by Gasteiger charge is 2.26. The summed E-state index contributed by atoms with van der Waals surface area (Å²) in [6.45, 7) is 4.06. The molecule has 2 aliphatic carbocycles. The molecule has 0 amide bonds. The van der Waals surface area contributed by atoms with Gasteiger partial charge in [-0.2, -0.15) is 10.5 Å². The van der Waals surface area contributed by atoms with Crippen molar-refractivity contribution in [3.8, 4) is 56.9 Å². The van der Waals surface area contributed by atoms with Gasteiger partial charge in [0.25, 0.3) is 0 Å². The summed E-state index contributed by atoms with van der Waals surface area (Å²) in [4.78, 5) is 64.2. The zero-order valence-corrected chi connectivity index (χ0v) is 47.3. The summed E-state index contributed by atoms with van der Waals surface area (Å²) in [5.41, 5.74) is 14.1. The van der Waals surface area contributed by atoms with E-state index >= 15 is 0 Å². The number of carbonyl (C=O) groups is 2. The number of hydrogen-bond acceptors (Lipinski definition) is 17. The van der Waals surface area contributed by atoms with E-state index in [4.69, 9.17) is 32.1 Å². The lowest BCUT2D eigenvalue weighted by Crippen LogP contribution is -2.13. The molecule has 2 fully saturated rings. The normalized spacial score (nSPS) is 12.5. The minimum absolute atomic E-state index is 0. The monoisotopic (exact) mass is 1170 g/mol. The van der Waals surface area contributed by atoms with Gasteiger partial charge in [-0.15, -0.1) is 0 Å². The van der Waals surface area contributed by atoms with Crippen LogP contribution in [0, 0.1) is 40.2 Å². The summed E-state index contributed by atoms with van der Waals surface area (Å²) in [5, 5.41) is 29.7. The van der Waals surface area contributed by atoms with E-state index in [9.17, 15) is 33.3 Å². The maximum Gasteiger partial charge on any atom is 0.311 e. The van der Waals surface area contributed by atoms with Crippen molar-refractivity contribution in [1.82, 2.24) is 48.7 Å². The van der Waals surface area contributed by atoms with Crippen molar-refractivity contribution in [3.05, 3.63) is 154 Å². The average molecular weight is 1170 g/mol. The predicted molar refractivity (Wildman–Crippen MR) is 320 cm³/mol. The topological polar surface area (TPSA) is 246 Å². The van der Waals surface area contributed by atoms with E-state index in [0.29, 0.717) is 79.6 Å². The fourth-order valence-electron chi connectivity index (χ4n) is 8.85. The number of nitriles is 2. The molecule has 84 heavy (non-hydrogen) atoms. The van der Waals surface area contributed by atoms with Crippen molar-refractivity contribution >= 4 is 67.6 Å². The standard InChI is InChI=1S/C30H26FN7OS.C26H20FN7O2S.C3H7N.CH3F.CH4/c1-3-24-29(37(2)30-36-28(25(14-32)40-30)19-6-9-22(31)10-7-19)38-17-20(8-11-27(38)35-24)21-15-33-26(34-16-21)13-23(39)12-18-4-5-18;1-3-19-25(33(2)26-32-24(20(11-28)37-26)15-4-7-18(27)8-5-15)34-14-16(6-9-22(34)31-19)17-12-29-21(30-13-17)10-23(35)36;4-3-1-2-3;1-2;/h6-11,15-18H,3-5,12-13H2,1-2H3;4-9,12-14H,3,10H2,1-2H3,(H,35,36);3H,1-2,4H2;1H3;1H4/i;;;1D;. The molecule has 2 aromatic carbocycles. The van der Waals surface area contributed by atoms with Crippen LogP contribution in [0.4, 0.5) is 35.1 Å². The lowest BCUT2D eigenvalue weighted by molar-refractivity contribution is -0.136. The number of aliphatic carboxylic acids is 1. The quantitative estimate of drug-likeness (QED) is 0.0913. The van der Waals surface area contributed by atoms with Crippen LogP contribution in [0.5, 0.6) is 0 Å². The van der Waals surface area contributed by atoms with Crippen molar-refractivity contribution in [2.45, 2.75) is 85.1 Å². The number of rotatable bonds is 16. The number of nitrogens with zero attached hydrogens (tertiary/aromatic N) is 14. The molecular weight excluding hydrogens is 1110 g/mol. The Bertz CT molecular complexity index is 4040. The summed E-state index contributed by atoms with van der Waals surface area (Å²) in [7, 11) is 2.77. The van der Waals surface area contributed by atoms with Gasteiger partial charge < -0.3 is 20.6 Å². The van der Waals surface area contributed by atoms with Crippen LogP contribution in [-0.2, 0) is 35.3 Å². The molecule has 0 bridgehead atoms. The third kappa shape index (κ3) is 14.1. The summed E-state index contributed by atoms with van der Waals surface area (Å²) in [6, 6.07) is 24.6. The van der Waals surface area contributed by atoms with Crippen molar-refractivity contribution in [2.24, 2.45) is 11.7 Å². The molecule has 0 aliphatic heterocycles. The van der Waals surface area contributed by atoms with Crippen LogP contribution in [0.25, 0.3) is 56.1 Å². The number of aromatic nitrogens is 10. The number of pyridine rings is 2. The molecule has 430 valence electrons. The molecule has 18 nitrogen and oxygen atoms in total. The molecule has 23 heteroatoms. The van der Waals surface area contributed by atoms with Crippen LogP contribution in [0.15, 0.2) is 110 Å². The van der Waals surface area contributed by atoms with Gasteiger partial charge in [-0.25, -0.2) is 48.7 Å². The number of nitrogens with two attached hydrogens (primary N) is 1. The molecule has 0 atom stereocenters. The largest absolute Gasteiger partial charge is 0.481 e. The second-order valence-electron chi connectivity index (χ2n) is 19.5. The predicted octanol–water partition coefficient (Wildman–Crippen LogP) is 12.4. The fraction of sp³-hybridized carbons (Fsp3) is 0.279. The highest BCUT2D eigenvalue weighted by atomic mass is 32.1. The van der Waals surface area contributed by atoms with Crippen molar-refractivity contribution in [1.29, 1.82) is 10.5 Å². The minimum Gasteiger partial charge on any atom is -0.481 e. The van der Waals surface area contributed by atoms with E-state index < -0.39 is 13.1 Å². The Morgan fingerprint density at radius 2 is 1.04 bits per heavy atom. The third-order valence-electron chi connectivity index (χ3n) is 13.5. The van der Waals surface area contributed by atoms with Gasteiger partial charge in [0.2, 0.25) is 0 Å². The van der Waals surface area contributed by atoms with Gasteiger partial charge in [0.05, 0.1) is 26.3 Å². The first-order valence-corrected chi connectivity index (χ1v) is 28.0. The number of carboxylic acids is 1. The number of benzene rings is 2. The highest BCUT2D eigenvalue weighted by molar-refractivity contribution is 7.17. The molecule has 8 heterocycles. The van der Waals surface area contributed by atoms with E-state index in [0.717, 1.165) is 69.4 Å². The molecule has 0 unspecified atom stereocenters. The molecule has 2 aliphatic rings. The van der Waals surface area contributed by atoms with Crippen LogP contribution >= 0.6 is 22.7 Å². The van der Waals surface area contributed by atoms with E-state index in [1.54, 1.807) is 49.1 Å². The summed E-state index contributed by atoms with van der Waals surface area (Å²) in [6.07, 6.45) is 17.5. The summed E-state index contributed by atoms with van der Waals surface area (Å²) in [5.74, 6) is 1.48. The number of ketones is 1. The number of aryl methyl sites for hydroxylation is 2. The first-order chi connectivity index (χ1) is 40.6. The fourth-order valence-corrected chi connectivity index (χ4v) is 10.5. The van der Waals surface area contributed by atoms with Gasteiger partial charge >= 0.3 is 5.97 Å². The Morgan fingerprint density at radius 1 is 0.655 bits per heavy atom. The van der Waals surface area contributed by atoms with E-state index in [1.165, 1.54) is 59.8 Å². The van der Waals surface area contributed by atoms with E-state index in [2.05, 4.69) is 32.1 Å². The molecule has 2 saturated carbocycles. The van der Waals surface area contributed by atoms with Gasteiger partial charge in [0.1, 0.15) is 91.7 Å². The number of Topliss-reactive ketones (excluding diaryl/α,β-unsaturated/α-hetero) is 1. The summed E-state index contributed by atoms with van der Waals surface area (Å²) >= 11 is 2.53. The molecule has 0 saturated heterocycles. The number of hydrogen-bond donors (Lipinski definition) is 2. The van der Waals surface area contributed by atoms with Gasteiger partial charge in [-0.3, -0.25) is 22.8 Å². The van der Waals surface area contributed by atoms with Gasteiger partial charge in [-0.1, -0.05) is 43.9 Å². The Balaban J connectivity index is 0.000000197. The molecule has 0 radical (unpaired) electrons. The molecule has 10 aromatic rings. The van der Waals surface area contributed by atoms with Crippen LogP contribution in [-0.4, -0.2) is 92.8 Å². The number of halogens is 3. The number of thiazole rings is 2. The van der Waals surface area contributed by atoms with Gasteiger partial charge in [0.15, 0.2) is 10.3 Å². The maximum absolute atomic E-state index is 13.5. The lowest BCUT2D eigenvalue weighted by atomic mass is 10.1. The van der Waals surface area contributed by atoms with Crippen LogP contribution in [0.2, 0.25) is 0 Å². The van der Waals surface area contributed by atoms with E-state index in [-0.39, 0.29) is 43.5 Å². The molecule has 8 aromatic heterocycles. The van der Waals surface area contributed by atoms with E-state index in [1.807, 2.05) is 83.2 Å². The Labute approximate surface area is 492 Å². The number of alkyl halides is 1. The number of anilines is 4. The number of imidazole rings is 2. The lowest BCUT2D eigenvalue weighted by Gasteiger charge is -2.17. The molecular formula is C61H60F3N15O3S2. The first-order valence-electron chi connectivity index (χ1n) is 27.1. The smallest absolute Gasteiger partial charge is 0.311 e. The minimum atomic E-state index is -1.00. The SMILES string of the molecule is C.CCc1nc2ccc(-c3cnc(CC(=O)CC4CC4)nc3)cn2c1N(C)c1nc(-c2ccc(F)cc2)c(C#N)s1.CCc1nc2ccc(-c3cnc(CC(=O)O)nc3)cn2c1N(C)c1nc(-c2ccc(F)cc2)c(C#N)s1.NC1CC1.[2H]CF. The van der Waals surface area contributed by atoms with Crippen molar-refractivity contribution < 1.29 is 29.2 Å². The van der Waals surface area contributed by atoms with Crippen LogP contribution in [0.1, 0.15) is 87.5 Å². The average Bonchev–Trinajstić information content (AvgIpc) is 3.43. The van der Waals surface area contributed by atoms with Crippen molar-refractivity contribution in [3.63, 3.8) is 0 Å². The molecule has 12 rings (SSSR count). The zero-order chi connectivity index (χ0) is 59.6. The van der Waals surface area contributed by atoms with Gasteiger partial charge in [0, 0.05) is 97.1 Å². The van der Waals surface area contributed by atoms with Crippen LogP contribution < -0.4 is 15.5 Å². The number of carboxylic acid groups (broad SMARTS) is 1. The zero-order valence-electron chi connectivity index (χ0n) is 46.7. The van der Waals surface area contributed by atoms with Crippen LogP contribution in [0.3, 0.4) is 0 Å². The second kappa shape index (κ2) is 27.2.